The van der Waals surface area contributed by atoms with E-state index in [2.05, 4.69) is 18.9 Å². The van der Waals surface area contributed by atoms with Crippen LogP contribution in [0.5, 0.6) is 11.5 Å². The van der Waals surface area contributed by atoms with E-state index in [0.717, 1.165) is 11.1 Å². The highest BCUT2D eigenvalue weighted by Crippen LogP contribution is 2.38. The van der Waals surface area contributed by atoms with Crippen LogP contribution in [0, 0.1) is 0 Å². The molecule has 0 amide bonds. The summed E-state index contributed by atoms with van der Waals surface area (Å²) in [4.78, 5) is 0. The first-order valence-electron chi connectivity index (χ1n) is 7.08. The quantitative estimate of drug-likeness (QED) is 0.701. The highest BCUT2D eigenvalue weighted by Gasteiger charge is 2.16. The molecule has 0 N–H and O–H groups in total. The third-order valence-corrected chi connectivity index (χ3v) is 3.07. The fraction of sp³-hybridized carbons (Fsp3) is 0.438. The second-order valence-electron chi connectivity index (χ2n) is 5.03. The Balaban J connectivity index is 2.42. The number of benzene rings is 1. The Labute approximate surface area is 130 Å². The Kier molecular flexibility index (Phi) is 5.80. The maximum Gasteiger partial charge on any atom is 0.188 e. The normalized spacial score (nSPS) is 11.0. The summed E-state index contributed by atoms with van der Waals surface area (Å²) in [5.74, 6) is 1.36. The van der Waals surface area contributed by atoms with Gasteiger partial charge in [0.15, 0.2) is 13.6 Å². The number of rotatable bonds is 8. The maximum atomic E-state index is 5.65. The van der Waals surface area contributed by atoms with Crippen LogP contribution in [0.4, 0.5) is 0 Å². The van der Waals surface area contributed by atoms with Gasteiger partial charge in [-0.25, -0.2) is 0 Å². The van der Waals surface area contributed by atoms with Gasteiger partial charge in [0.1, 0.15) is 11.5 Å². The average Bonchev–Trinajstić information content (AvgIpc) is 3.00. The molecule has 1 heterocycles. The Morgan fingerprint density at radius 1 is 1.05 bits per heavy atom. The molecule has 0 unspecified atom stereocenters. The summed E-state index contributed by atoms with van der Waals surface area (Å²) in [6, 6.07) is 5.90. The number of hydrogen-bond donors (Lipinski definition) is 0. The van der Waals surface area contributed by atoms with Crippen LogP contribution < -0.4 is 9.47 Å². The minimum atomic E-state index is 0.166. The molecule has 1 aromatic heterocycles. The molecule has 0 saturated heterocycles. The highest BCUT2D eigenvalue weighted by atomic mass is 16.7. The molecule has 0 aliphatic rings. The van der Waals surface area contributed by atoms with Crippen LogP contribution in [-0.2, 0) is 9.47 Å². The lowest BCUT2D eigenvalue weighted by Crippen LogP contribution is -2.04. The van der Waals surface area contributed by atoms with Crippen molar-refractivity contribution in [3.63, 3.8) is 0 Å². The SMILES string of the molecule is COCOc1cccc(OCOC)c1-c1cnn(C(C)C)c1. The van der Waals surface area contributed by atoms with Gasteiger partial charge in [-0.15, -0.1) is 0 Å². The second kappa shape index (κ2) is 7.82. The predicted octanol–water partition coefficient (Wildman–Crippen LogP) is 3.10. The summed E-state index contributed by atoms with van der Waals surface area (Å²) < 4.78 is 23.2. The van der Waals surface area contributed by atoms with E-state index in [1.807, 2.05) is 29.1 Å². The topological polar surface area (TPSA) is 54.7 Å². The number of aromatic nitrogens is 2. The monoisotopic (exact) mass is 306 g/mol. The van der Waals surface area contributed by atoms with E-state index >= 15 is 0 Å². The van der Waals surface area contributed by atoms with E-state index < -0.39 is 0 Å². The molecule has 2 aromatic rings. The number of nitrogens with zero attached hydrogens (tertiary/aromatic N) is 2. The predicted molar refractivity (Wildman–Crippen MR) is 83.1 cm³/mol. The van der Waals surface area contributed by atoms with Gasteiger partial charge in [0.2, 0.25) is 0 Å². The summed E-state index contributed by atoms with van der Waals surface area (Å²) in [5, 5.41) is 4.38. The van der Waals surface area contributed by atoms with Crippen molar-refractivity contribution in [2.45, 2.75) is 19.9 Å². The first kappa shape index (κ1) is 16.3. The van der Waals surface area contributed by atoms with Crippen LogP contribution in [0.25, 0.3) is 11.1 Å². The molecule has 22 heavy (non-hydrogen) atoms. The molecular weight excluding hydrogens is 284 g/mol. The summed E-state index contributed by atoms with van der Waals surface area (Å²) >= 11 is 0. The average molecular weight is 306 g/mol. The van der Waals surface area contributed by atoms with Crippen LogP contribution in [-0.4, -0.2) is 37.6 Å². The lowest BCUT2D eigenvalue weighted by Gasteiger charge is -2.14. The number of methoxy groups -OCH3 is 2. The molecule has 0 aliphatic carbocycles. The van der Waals surface area contributed by atoms with Gasteiger partial charge < -0.3 is 18.9 Å². The fourth-order valence-electron chi connectivity index (χ4n) is 2.03. The van der Waals surface area contributed by atoms with Crippen molar-refractivity contribution in [2.24, 2.45) is 0 Å². The zero-order valence-electron chi connectivity index (χ0n) is 13.4. The van der Waals surface area contributed by atoms with Gasteiger partial charge in [0.25, 0.3) is 0 Å². The third kappa shape index (κ3) is 3.78. The third-order valence-electron chi connectivity index (χ3n) is 3.07. The first-order chi connectivity index (χ1) is 10.7. The molecule has 0 aliphatic heterocycles. The van der Waals surface area contributed by atoms with Crippen molar-refractivity contribution in [1.82, 2.24) is 9.78 Å². The van der Waals surface area contributed by atoms with E-state index in [4.69, 9.17) is 18.9 Å². The molecule has 0 fully saturated rings. The zero-order valence-corrected chi connectivity index (χ0v) is 13.4. The van der Waals surface area contributed by atoms with E-state index in [-0.39, 0.29) is 19.6 Å². The minimum Gasteiger partial charge on any atom is -0.467 e. The zero-order chi connectivity index (χ0) is 15.9. The summed E-state index contributed by atoms with van der Waals surface area (Å²) in [7, 11) is 3.17. The Morgan fingerprint density at radius 2 is 1.64 bits per heavy atom. The fourth-order valence-corrected chi connectivity index (χ4v) is 2.03. The van der Waals surface area contributed by atoms with Crippen molar-refractivity contribution in [1.29, 1.82) is 0 Å². The van der Waals surface area contributed by atoms with Crippen LogP contribution in [0.1, 0.15) is 19.9 Å². The van der Waals surface area contributed by atoms with Gasteiger partial charge in [0.05, 0.1) is 11.8 Å². The number of ether oxygens (including phenoxy) is 4. The van der Waals surface area contributed by atoms with Crippen LogP contribution in [0.3, 0.4) is 0 Å². The maximum absolute atomic E-state index is 5.65. The van der Waals surface area contributed by atoms with E-state index in [1.54, 1.807) is 20.4 Å². The molecular formula is C16H22N2O4. The summed E-state index contributed by atoms with van der Waals surface area (Å²) in [6.07, 6.45) is 3.77. The van der Waals surface area contributed by atoms with E-state index in [0.29, 0.717) is 11.5 Å². The van der Waals surface area contributed by atoms with Crippen molar-refractivity contribution in [3.05, 3.63) is 30.6 Å². The lowest BCUT2D eigenvalue weighted by molar-refractivity contribution is 0.0469. The van der Waals surface area contributed by atoms with Crippen molar-refractivity contribution < 1.29 is 18.9 Å². The molecule has 2 rings (SSSR count). The van der Waals surface area contributed by atoms with Gasteiger partial charge in [-0.05, 0) is 26.0 Å². The Hall–Kier alpha value is -2.05. The van der Waals surface area contributed by atoms with Crippen LogP contribution >= 0.6 is 0 Å². The highest BCUT2D eigenvalue weighted by molar-refractivity contribution is 5.76. The van der Waals surface area contributed by atoms with Gasteiger partial charge in [-0.1, -0.05) is 6.07 Å². The van der Waals surface area contributed by atoms with Crippen molar-refractivity contribution in [2.75, 3.05) is 27.8 Å². The van der Waals surface area contributed by atoms with Gasteiger partial charge in [0, 0.05) is 32.0 Å². The molecule has 6 nitrogen and oxygen atoms in total. The molecule has 0 saturated carbocycles. The summed E-state index contributed by atoms with van der Waals surface area (Å²) in [5.41, 5.74) is 1.76. The van der Waals surface area contributed by atoms with E-state index in [1.165, 1.54) is 0 Å². The van der Waals surface area contributed by atoms with Gasteiger partial charge >= 0.3 is 0 Å². The van der Waals surface area contributed by atoms with Crippen LogP contribution in [0.15, 0.2) is 30.6 Å². The molecule has 1 aromatic carbocycles. The summed E-state index contributed by atoms with van der Waals surface area (Å²) in [6.45, 7) is 4.48. The van der Waals surface area contributed by atoms with Crippen molar-refractivity contribution in [3.8, 4) is 22.6 Å². The lowest BCUT2D eigenvalue weighted by atomic mass is 10.1. The molecule has 0 atom stereocenters. The molecule has 0 radical (unpaired) electrons. The molecule has 0 spiro atoms. The molecule has 120 valence electrons. The van der Waals surface area contributed by atoms with Gasteiger partial charge in [-0.3, -0.25) is 4.68 Å². The Bertz CT molecular complexity index is 569. The first-order valence-corrected chi connectivity index (χ1v) is 7.08. The van der Waals surface area contributed by atoms with Gasteiger partial charge in [-0.2, -0.15) is 5.10 Å². The molecule has 6 heteroatoms. The largest absolute Gasteiger partial charge is 0.467 e. The van der Waals surface area contributed by atoms with Crippen molar-refractivity contribution >= 4 is 0 Å². The minimum absolute atomic E-state index is 0.166. The standard InChI is InChI=1S/C16H22N2O4/c1-12(2)18-9-13(8-17-18)16-14(21-10-19-3)6-5-7-15(16)22-11-20-4/h5-9,12H,10-11H2,1-4H3. The smallest absolute Gasteiger partial charge is 0.188 e. The van der Waals surface area contributed by atoms with Crippen LogP contribution in [0.2, 0.25) is 0 Å². The number of hydrogen-bond acceptors (Lipinski definition) is 5. The Morgan fingerprint density at radius 3 is 2.09 bits per heavy atom. The second-order valence-corrected chi connectivity index (χ2v) is 5.03. The molecule has 0 bridgehead atoms. The van der Waals surface area contributed by atoms with E-state index in [9.17, 15) is 0 Å².